The van der Waals surface area contributed by atoms with E-state index in [9.17, 15) is 0 Å². The van der Waals surface area contributed by atoms with Gasteiger partial charge in [0.2, 0.25) is 0 Å². The van der Waals surface area contributed by atoms with Crippen molar-refractivity contribution in [2.45, 2.75) is 51.5 Å². The maximum atomic E-state index is 4.22. The minimum atomic E-state index is 0.247. The number of aromatic nitrogens is 3. The van der Waals surface area contributed by atoms with Gasteiger partial charge < -0.3 is 5.32 Å². The third-order valence-electron chi connectivity index (χ3n) is 3.33. The molecule has 0 aliphatic heterocycles. The summed E-state index contributed by atoms with van der Waals surface area (Å²) in [5.74, 6) is 0. The Morgan fingerprint density at radius 2 is 2.24 bits per heavy atom. The number of nitrogens with one attached hydrogen (secondary N) is 2. The molecule has 1 aromatic rings. The third-order valence-corrected chi connectivity index (χ3v) is 3.33. The molecule has 94 valence electrons. The minimum absolute atomic E-state index is 0.247. The lowest BCUT2D eigenvalue weighted by Gasteiger charge is -2.21. The predicted octanol–water partition coefficient (Wildman–Crippen LogP) is 2.74. The van der Waals surface area contributed by atoms with Crippen molar-refractivity contribution in [3.05, 3.63) is 23.5 Å². The summed E-state index contributed by atoms with van der Waals surface area (Å²) < 4.78 is 0. The number of hydrogen-bond donors (Lipinski definition) is 2. The Morgan fingerprint density at radius 1 is 1.35 bits per heavy atom. The van der Waals surface area contributed by atoms with E-state index in [1.165, 1.54) is 44.1 Å². The molecule has 1 heterocycles. The Bertz CT molecular complexity index is 342. The molecule has 0 saturated heterocycles. The number of nitrogens with zero attached hydrogens (tertiary/aromatic N) is 2. The van der Waals surface area contributed by atoms with Crippen LogP contribution < -0.4 is 5.32 Å². The molecule has 0 bridgehead atoms. The van der Waals surface area contributed by atoms with Crippen LogP contribution in [0.3, 0.4) is 0 Å². The number of rotatable bonds is 4. The van der Waals surface area contributed by atoms with E-state index in [1.807, 2.05) is 6.20 Å². The standard InChI is InChI=1S/C13H22N4/c1-2-14-13(12-10-15-17-16-12)11-8-6-4-3-5-7-9-11/h8,10,13-14H,2-7,9H2,1H3,(H,15,16,17). The average Bonchev–Trinajstić information content (AvgIpc) is 2.79. The molecular formula is C13H22N4. The zero-order valence-corrected chi connectivity index (χ0v) is 10.6. The monoisotopic (exact) mass is 234 g/mol. The van der Waals surface area contributed by atoms with Gasteiger partial charge >= 0.3 is 0 Å². The average molecular weight is 234 g/mol. The summed E-state index contributed by atoms with van der Waals surface area (Å²) >= 11 is 0. The number of likely N-dealkylation sites (N-methyl/N-ethyl adjacent to an activating group) is 1. The Kier molecular flexibility index (Phi) is 4.74. The largest absolute Gasteiger partial charge is 0.305 e. The Hall–Kier alpha value is -1.16. The van der Waals surface area contributed by atoms with Crippen molar-refractivity contribution in [2.75, 3.05) is 6.54 Å². The molecular weight excluding hydrogens is 212 g/mol. The second-order valence-corrected chi connectivity index (χ2v) is 4.62. The fraction of sp³-hybridized carbons (Fsp3) is 0.692. The van der Waals surface area contributed by atoms with Gasteiger partial charge in [0.15, 0.2) is 0 Å². The summed E-state index contributed by atoms with van der Waals surface area (Å²) in [4.78, 5) is 0. The third kappa shape index (κ3) is 3.40. The van der Waals surface area contributed by atoms with Crippen LogP contribution in [0.15, 0.2) is 17.8 Å². The molecule has 4 nitrogen and oxygen atoms in total. The quantitative estimate of drug-likeness (QED) is 0.788. The highest BCUT2D eigenvalue weighted by molar-refractivity contribution is 5.20. The van der Waals surface area contributed by atoms with Gasteiger partial charge in [0, 0.05) is 0 Å². The SMILES string of the molecule is CCNC(C1=CCCCCCC1)c1cn[nH]n1. The smallest absolute Gasteiger partial charge is 0.104 e. The van der Waals surface area contributed by atoms with Gasteiger partial charge in [0.25, 0.3) is 0 Å². The van der Waals surface area contributed by atoms with Gasteiger partial charge in [0.1, 0.15) is 5.69 Å². The summed E-state index contributed by atoms with van der Waals surface area (Å²) in [5, 5.41) is 14.4. The molecule has 0 spiro atoms. The van der Waals surface area contributed by atoms with E-state index >= 15 is 0 Å². The van der Waals surface area contributed by atoms with Crippen LogP contribution in [0.2, 0.25) is 0 Å². The molecule has 1 aromatic heterocycles. The normalized spacial score (nSPS) is 19.2. The molecule has 0 fully saturated rings. The van der Waals surface area contributed by atoms with Gasteiger partial charge in [0.05, 0.1) is 12.2 Å². The molecule has 0 radical (unpaired) electrons. The van der Waals surface area contributed by atoms with Crippen LogP contribution in [-0.2, 0) is 0 Å². The summed E-state index contributed by atoms with van der Waals surface area (Å²) in [6, 6.07) is 0.247. The summed E-state index contributed by atoms with van der Waals surface area (Å²) in [6.45, 7) is 3.09. The predicted molar refractivity (Wildman–Crippen MR) is 68.6 cm³/mol. The fourth-order valence-corrected chi connectivity index (χ4v) is 2.46. The lowest BCUT2D eigenvalue weighted by Crippen LogP contribution is -2.23. The number of H-pyrrole nitrogens is 1. The molecule has 0 aromatic carbocycles. The maximum absolute atomic E-state index is 4.22. The van der Waals surface area contributed by atoms with E-state index in [0.717, 1.165) is 12.2 Å². The molecule has 4 heteroatoms. The molecule has 1 atom stereocenters. The van der Waals surface area contributed by atoms with Crippen LogP contribution in [0.25, 0.3) is 0 Å². The maximum Gasteiger partial charge on any atom is 0.104 e. The fourth-order valence-electron chi connectivity index (χ4n) is 2.46. The van der Waals surface area contributed by atoms with Crippen molar-refractivity contribution in [1.29, 1.82) is 0 Å². The number of allylic oxidation sites excluding steroid dienone is 1. The van der Waals surface area contributed by atoms with Crippen molar-refractivity contribution in [3.8, 4) is 0 Å². The molecule has 2 rings (SSSR count). The van der Waals surface area contributed by atoms with Crippen LogP contribution in [-0.4, -0.2) is 22.0 Å². The topological polar surface area (TPSA) is 53.6 Å². The van der Waals surface area contributed by atoms with Gasteiger partial charge in [-0.25, -0.2) is 0 Å². The number of hydrogen-bond acceptors (Lipinski definition) is 3. The summed E-state index contributed by atoms with van der Waals surface area (Å²) in [6.07, 6.45) is 12.0. The summed E-state index contributed by atoms with van der Waals surface area (Å²) in [7, 11) is 0. The molecule has 17 heavy (non-hydrogen) atoms. The van der Waals surface area contributed by atoms with Crippen LogP contribution in [0.1, 0.15) is 57.2 Å². The lowest BCUT2D eigenvalue weighted by atomic mass is 9.93. The molecule has 1 unspecified atom stereocenters. The summed E-state index contributed by atoms with van der Waals surface area (Å²) in [5.41, 5.74) is 2.50. The molecule has 0 saturated carbocycles. The Morgan fingerprint density at radius 3 is 3.00 bits per heavy atom. The van der Waals surface area contributed by atoms with Crippen molar-refractivity contribution in [2.24, 2.45) is 0 Å². The van der Waals surface area contributed by atoms with E-state index in [-0.39, 0.29) is 6.04 Å². The van der Waals surface area contributed by atoms with E-state index in [4.69, 9.17) is 0 Å². The van der Waals surface area contributed by atoms with E-state index in [2.05, 4.69) is 33.7 Å². The van der Waals surface area contributed by atoms with Crippen molar-refractivity contribution in [3.63, 3.8) is 0 Å². The molecule has 0 amide bonds. The Labute approximate surface area is 103 Å². The van der Waals surface area contributed by atoms with E-state index in [0.29, 0.717) is 0 Å². The highest BCUT2D eigenvalue weighted by Crippen LogP contribution is 2.27. The van der Waals surface area contributed by atoms with Gasteiger partial charge in [-0.2, -0.15) is 15.4 Å². The first kappa shape index (κ1) is 12.3. The second-order valence-electron chi connectivity index (χ2n) is 4.62. The Balaban J connectivity index is 2.13. The van der Waals surface area contributed by atoms with E-state index in [1.54, 1.807) is 0 Å². The van der Waals surface area contributed by atoms with Crippen LogP contribution in [0.5, 0.6) is 0 Å². The number of aromatic amines is 1. The van der Waals surface area contributed by atoms with Crippen molar-refractivity contribution >= 4 is 0 Å². The van der Waals surface area contributed by atoms with Gasteiger partial charge in [-0.05, 0) is 32.2 Å². The molecule has 1 aliphatic carbocycles. The second kappa shape index (κ2) is 6.55. The first-order valence-corrected chi connectivity index (χ1v) is 6.69. The van der Waals surface area contributed by atoms with Crippen molar-refractivity contribution in [1.82, 2.24) is 20.7 Å². The van der Waals surface area contributed by atoms with Crippen LogP contribution >= 0.6 is 0 Å². The first-order chi connectivity index (χ1) is 8.42. The first-order valence-electron chi connectivity index (χ1n) is 6.69. The lowest BCUT2D eigenvalue weighted by molar-refractivity contribution is 0.545. The van der Waals surface area contributed by atoms with Gasteiger partial charge in [-0.15, -0.1) is 0 Å². The highest BCUT2D eigenvalue weighted by atomic mass is 15.3. The van der Waals surface area contributed by atoms with Crippen molar-refractivity contribution < 1.29 is 0 Å². The van der Waals surface area contributed by atoms with E-state index < -0.39 is 0 Å². The van der Waals surface area contributed by atoms with Gasteiger partial charge in [-0.3, -0.25) is 0 Å². The minimum Gasteiger partial charge on any atom is -0.305 e. The van der Waals surface area contributed by atoms with Gasteiger partial charge in [-0.1, -0.05) is 31.4 Å². The molecule has 2 N–H and O–H groups in total. The molecule has 1 aliphatic rings. The highest BCUT2D eigenvalue weighted by Gasteiger charge is 2.18. The van der Waals surface area contributed by atoms with Crippen LogP contribution in [0.4, 0.5) is 0 Å². The zero-order valence-electron chi connectivity index (χ0n) is 10.6. The zero-order chi connectivity index (χ0) is 11.9. The van der Waals surface area contributed by atoms with Crippen LogP contribution in [0, 0.1) is 0 Å².